The zero-order valence-electron chi connectivity index (χ0n) is 12.7. The third kappa shape index (κ3) is 3.83. The average molecular weight is 295 g/mol. The summed E-state index contributed by atoms with van der Waals surface area (Å²) >= 11 is 0. The van der Waals surface area contributed by atoms with E-state index in [2.05, 4.69) is 43.9 Å². The summed E-state index contributed by atoms with van der Waals surface area (Å²) in [5, 5.41) is 3.45. The summed E-state index contributed by atoms with van der Waals surface area (Å²) in [6.45, 7) is 4.89. The van der Waals surface area contributed by atoms with Crippen molar-refractivity contribution < 1.29 is 0 Å². The van der Waals surface area contributed by atoms with Crippen LogP contribution >= 0.6 is 0 Å². The standard InChI is InChI=1S/C17H21N5/c1-14(12-22-8-7-18-13-22)9-19-11-17-20-10-16(21-17)15-5-3-2-4-6-15/h2-8,10,13-14,19H,9,11-12H2,1H3,(H,20,21)/t14-/m1/s1. The Bertz CT molecular complexity index is 672. The Hall–Kier alpha value is -2.40. The summed E-state index contributed by atoms with van der Waals surface area (Å²) < 4.78 is 2.10. The lowest BCUT2D eigenvalue weighted by Crippen LogP contribution is -2.24. The van der Waals surface area contributed by atoms with E-state index in [0.29, 0.717) is 5.92 Å². The molecule has 0 bridgehead atoms. The van der Waals surface area contributed by atoms with E-state index in [1.54, 1.807) is 0 Å². The van der Waals surface area contributed by atoms with Gasteiger partial charge in [-0.25, -0.2) is 9.97 Å². The Morgan fingerprint density at radius 3 is 2.91 bits per heavy atom. The van der Waals surface area contributed by atoms with Crippen LogP contribution in [-0.4, -0.2) is 26.1 Å². The van der Waals surface area contributed by atoms with Crippen molar-refractivity contribution in [2.75, 3.05) is 6.54 Å². The van der Waals surface area contributed by atoms with E-state index in [-0.39, 0.29) is 0 Å². The van der Waals surface area contributed by atoms with Gasteiger partial charge in [0.25, 0.3) is 0 Å². The molecular weight excluding hydrogens is 274 g/mol. The highest BCUT2D eigenvalue weighted by molar-refractivity contribution is 5.57. The first-order chi connectivity index (χ1) is 10.8. The number of aromatic amines is 1. The molecule has 0 spiro atoms. The molecule has 2 heterocycles. The van der Waals surface area contributed by atoms with Gasteiger partial charge in [0.2, 0.25) is 0 Å². The molecule has 0 fully saturated rings. The fourth-order valence-electron chi connectivity index (χ4n) is 2.47. The smallest absolute Gasteiger partial charge is 0.120 e. The topological polar surface area (TPSA) is 58.5 Å². The normalized spacial score (nSPS) is 12.4. The molecule has 0 unspecified atom stereocenters. The average Bonchev–Trinajstić information content (AvgIpc) is 3.20. The minimum atomic E-state index is 0.540. The molecule has 5 nitrogen and oxygen atoms in total. The van der Waals surface area contributed by atoms with Crippen molar-refractivity contribution >= 4 is 0 Å². The Balaban J connectivity index is 1.47. The summed E-state index contributed by atoms with van der Waals surface area (Å²) in [5.74, 6) is 1.51. The van der Waals surface area contributed by atoms with Gasteiger partial charge in [-0.15, -0.1) is 0 Å². The summed E-state index contributed by atoms with van der Waals surface area (Å²) in [4.78, 5) is 11.9. The first-order valence-electron chi connectivity index (χ1n) is 7.57. The molecule has 5 heteroatoms. The molecule has 3 aromatic rings. The van der Waals surface area contributed by atoms with Crippen molar-refractivity contribution in [2.45, 2.75) is 20.0 Å². The second-order valence-corrected chi connectivity index (χ2v) is 5.61. The predicted molar refractivity (Wildman–Crippen MR) is 87.1 cm³/mol. The number of hydrogen-bond donors (Lipinski definition) is 2. The SMILES string of the molecule is C[C@H](CNCc1ncc(-c2ccccc2)[nH]1)Cn1ccnc1. The minimum absolute atomic E-state index is 0.540. The molecule has 22 heavy (non-hydrogen) atoms. The summed E-state index contributed by atoms with van der Waals surface area (Å²) in [7, 11) is 0. The molecule has 0 aliphatic carbocycles. The van der Waals surface area contributed by atoms with Crippen molar-refractivity contribution in [1.29, 1.82) is 0 Å². The van der Waals surface area contributed by atoms with E-state index in [4.69, 9.17) is 0 Å². The molecule has 1 atom stereocenters. The van der Waals surface area contributed by atoms with Gasteiger partial charge in [-0.1, -0.05) is 37.3 Å². The van der Waals surface area contributed by atoms with E-state index in [1.165, 1.54) is 0 Å². The quantitative estimate of drug-likeness (QED) is 0.704. The highest BCUT2D eigenvalue weighted by atomic mass is 15.0. The van der Waals surface area contributed by atoms with E-state index < -0.39 is 0 Å². The number of H-pyrrole nitrogens is 1. The lowest BCUT2D eigenvalue weighted by atomic mass is 10.2. The lowest BCUT2D eigenvalue weighted by Gasteiger charge is -2.12. The third-order valence-corrected chi connectivity index (χ3v) is 3.58. The van der Waals surface area contributed by atoms with Crippen LogP contribution in [0.3, 0.4) is 0 Å². The second-order valence-electron chi connectivity index (χ2n) is 5.61. The van der Waals surface area contributed by atoms with E-state index in [0.717, 1.165) is 36.7 Å². The van der Waals surface area contributed by atoms with Gasteiger partial charge in [0.15, 0.2) is 0 Å². The fourth-order valence-corrected chi connectivity index (χ4v) is 2.47. The minimum Gasteiger partial charge on any atom is -0.341 e. The summed E-state index contributed by atoms with van der Waals surface area (Å²) in [6, 6.07) is 10.2. The second kappa shape index (κ2) is 7.04. The molecule has 0 aliphatic rings. The van der Waals surface area contributed by atoms with Crippen LogP contribution in [-0.2, 0) is 13.1 Å². The van der Waals surface area contributed by atoms with E-state index in [1.807, 2.05) is 43.1 Å². The van der Waals surface area contributed by atoms with Gasteiger partial charge >= 0.3 is 0 Å². The van der Waals surface area contributed by atoms with Gasteiger partial charge in [-0.3, -0.25) is 0 Å². The molecule has 114 valence electrons. The van der Waals surface area contributed by atoms with Crippen molar-refractivity contribution in [2.24, 2.45) is 5.92 Å². The number of imidazole rings is 2. The Morgan fingerprint density at radius 2 is 2.14 bits per heavy atom. The number of nitrogens with one attached hydrogen (secondary N) is 2. The maximum atomic E-state index is 4.43. The first kappa shape index (κ1) is 14.5. The molecular formula is C17H21N5. The summed E-state index contributed by atoms with van der Waals surface area (Å²) in [5.41, 5.74) is 2.22. The van der Waals surface area contributed by atoms with E-state index >= 15 is 0 Å². The molecule has 0 radical (unpaired) electrons. The van der Waals surface area contributed by atoms with Crippen LogP contribution in [0.1, 0.15) is 12.7 Å². The lowest BCUT2D eigenvalue weighted by molar-refractivity contribution is 0.442. The number of benzene rings is 1. The number of aromatic nitrogens is 4. The highest BCUT2D eigenvalue weighted by Gasteiger charge is 2.05. The molecule has 0 amide bonds. The van der Waals surface area contributed by atoms with Gasteiger partial charge in [0.1, 0.15) is 5.82 Å². The van der Waals surface area contributed by atoms with Crippen LogP contribution in [0.5, 0.6) is 0 Å². The van der Waals surface area contributed by atoms with Crippen molar-refractivity contribution in [3.05, 3.63) is 61.1 Å². The molecule has 0 saturated heterocycles. The maximum absolute atomic E-state index is 4.43. The zero-order chi connectivity index (χ0) is 15.2. The Labute approximate surface area is 130 Å². The Morgan fingerprint density at radius 1 is 1.27 bits per heavy atom. The van der Waals surface area contributed by atoms with Gasteiger partial charge in [-0.05, 0) is 18.0 Å². The largest absolute Gasteiger partial charge is 0.341 e. The monoisotopic (exact) mass is 295 g/mol. The van der Waals surface area contributed by atoms with Gasteiger partial charge in [0, 0.05) is 18.9 Å². The van der Waals surface area contributed by atoms with Gasteiger partial charge < -0.3 is 14.9 Å². The predicted octanol–water partition coefficient (Wildman–Crippen LogP) is 2.70. The van der Waals surface area contributed by atoms with Crippen molar-refractivity contribution in [3.63, 3.8) is 0 Å². The maximum Gasteiger partial charge on any atom is 0.120 e. The van der Waals surface area contributed by atoms with Crippen molar-refractivity contribution in [1.82, 2.24) is 24.8 Å². The van der Waals surface area contributed by atoms with Gasteiger partial charge in [-0.2, -0.15) is 0 Å². The molecule has 0 aliphatic heterocycles. The van der Waals surface area contributed by atoms with Gasteiger partial charge in [0.05, 0.1) is 24.8 Å². The van der Waals surface area contributed by atoms with E-state index in [9.17, 15) is 0 Å². The highest BCUT2D eigenvalue weighted by Crippen LogP contribution is 2.15. The van der Waals surface area contributed by atoms with Crippen LogP contribution in [0.15, 0.2) is 55.2 Å². The molecule has 1 aromatic carbocycles. The van der Waals surface area contributed by atoms with Crippen LogP contribution in [0.4, 0.5) is 0 Å². The molecule has 0 saturated carbocycles. The third-order valence-electron chi connectivity index (χ3n) is 3.58. The first-order valence-corrected chi connectivity index (χ1v) is 7.57. The molecule has 3 rings (SSSR count). The fraction of sp³-hybridized carbons (Fsp3) is 0.294. The number of rotatable bonds is 7. The number of hydrogen-bond acceptors (Lipinski definition) is 3. The Kier molecular flexibility index (Phi) is 4.65. The zero-order valence-corrected chi connectivity index (χ0v) is 12.7. The van der Waals surface area contributed by atoms with Crippen molar-refractivity contribution in [3.8, 4) is 11.3 Å². The molecule has 2 N–H and O–H groups in total. The van der Waals surface area contributed by atoms with Crippen LogP contribution < -0.4 is 5.32 Å². The molecule has 2 aromatic heterocycles. The van der Waals surface area contributed by atoms with Crippen LogP contribution in [0, 0.1) is 5.92 Å². The summed E-state index contributed by atoms with van der Waals surface area (Å²) in [6.07, 6.45) is 7.56. The number of nitrogens with zero attached hydrogens (tertiary/aromatic N) is 3. The van der Waals surface area contributed by atoms with Crippen LogP contribution in [0.2, 0.25) is 0 Å². The van der Waals surface area contributed by atoms with Crippen LogP contribution in [0.25, 0.3) is 11.3 Å².